The number of quaternary nitrogens is 1. The number of likely N-dealkylation sites (N-methyl/N-ethyl adjacent to an activating group) is 2. The summed E-state index contributed by atoms with van der Waals surface area (Å²) >= 11 is 0. The largest absolute Gasteiger partial charge is 0.457 e. The highest BCUT2D eigenvalue weighted by Gasteiger charge is 2.28. The van der Waals surface area contributed by atoms with Crippen molar-refractivity contribution in [2.45, 2.75) is 13.8 Å². The summed E-state index contributed by atoms with van der Waals surface area (Å²) in [7, 11) is 6.46. The van der Waals surface area contributed by atoms with E-state index < -0.39 is 0 Å². The standard InChI is InChI=1S/C25H27FN3O2.C24H24FN3O2.CH3/c1-18-16-20(25(30)28-12-14-29(2,3)15-13-28)17-24(27-18)19-4-8-22(9-5-19)31-23-10-6-21(26)7-11-23;1-17-15-19(24(29)28-13-11-27(2)12-14-28)16-23(26-17)18-3-7-21(8-4-18)30-22-9-5-20(25)6-10-22;/h4-11,16-17H,12-15H2,1-3H3;3-10,15-16H,11-14H2,1-2H3;1H3/q+1;;-1. The van der Waals surface area contributed by atoms with E-state index in [2.05, 4.69) is 36.0 Å². The normalized spacial score (nSPS) is 14.8. The van der Waals surface area contributed by atoms with Crippen molar-refractivity contribution in [2.24, 2.45) is 0 Å². The highest BCUT2D eigenvalue weighted by molar-refractivity contribution is 5.96. The molecule has 2 fully saturated rings. The third kappa shape index (κ3) is 11.9. The topological polar surface area (TPSA) is 88.1 Å². The Labute approximate surface area is 363 Å². The molecule has 4 aromatic carbocycles. The first-order valence-electron chi connectivity index (χ1n) is 20.4. The van der Waals surface area contributed by atoms with E-state index in [0.29, 0.717) is 34.1 Å². The van der Waals surface area contributed by atoms with Crippen molar-refractivity contribution in [3.63, 3.8) is 0 Å². The average molecular weight is 841 g/mol. The summed E-state index contributed by atoms with van der Waals surface area (Å²) in [6.07, 6.45) is 0. The lowest BCUT2D eigenvalue weighted by molar-refractivity contribution is -0.894. The number of benzene rings is 4. The van der Waals surface area contributed by atoms with Crippen molar-refractivity contribution in [2.75, 3.05) is 73.5 Å². The second-order valence-corrected chi connectivity index (χ2v) is 16.2. The molecule has 0 bridgehead atoms. The number of amides is 2. The number of rotatable bonds is 8. The monoisotopic (exact) mass is 840 g/mol. The average Bonchev–Trinajstić information content (AvgIpc) is 3.25. The number of hydrogen-bond donors (Lipinski definition) is 0. The minimum atomic E-state index is -0.301. The second-order valence-electron chi connectivity index (χ2n) is 16.2. The van der Waals surface area contributed by atoms with Crippen LogP contribution in [0.1, 0.15) is 32.1 Å². The Morgan fingerprint density at radius 3 is 1.24 bits per heavy atom. The number of aromatic nitrogens is 2. The van der Waals surface area contributed by atoms with E-state index in [1.807, 2.05) is 96.4 Å². The molecule has 4 heterocycles. The summed E-state index contributed by atoms with van der Waals surface area (Å²) in [5.74, 6) is 1.93. The van der Waals surface area contributed by atoms with Gasteiger partial charge >= 0.3 is 0 Å². The maximum Gasteiger partial charge on any atom is 0.254 e. The number of aryl methyl sites for hydroxylation is 2. The molecule has 2 amide bonds. The molecule has 0 aliphatic carbocycles. The SMILES string of the molecule is Cc1cc(C(=O)N2CCN(C)CC2)cc(-c2ccc(Oc3ccc(F)cc3)cc2)n1.Cc1cc(C(=O)N2CC[N+](C)(C)CC2)cc(-c2ccc(Oc3ccc(F)cc3)cc2)n1.[CH3-]. The summed E-state index contributed by atoms with van der Waals surface area (Å²) in [5, 5.41) is 0. The maximum absolute atomic E-state index is 13.1. The molecule has 8 rings (SSSR count). The first-order valence-corrected chi connectivity index (χ1v) is 20.4. The molecule has 0 radical (unpaired) electrons. The van der Waals surface area contributed by atoms with Gasteiger partial charge in [0.15, 0.2) is 0 Å². The van der Waals surface area contributed by atoms with Crippen molar-refractivity contribution >= 4 is 11.8 Å². The fourth-order valence-corrected chi connectivity index (χ4v) is 7.13. The van der Waals surface area contributed by atoms with Crippen LogP contribution in [-0.2, 0) is 0 Å². The van der Waals surface area contributed by atoms with Crippen molar-refractivity contribution in [3.8, 4) is 45.5 Å². The Bertz CT molecular complexity index is 2440. The van der Waals surface area contributed by atoms with Gasteiger partial charge in [0.2, 0.25) is 0 Å². The molecule has 2 aliphatic rings. The van der Waals surface area contributed by atoms with Crippen molar-refractivity contribution < 1.29 is 32.3 Å². The summed E-state index contributed by atoms with van der Waals surface area (Å²) in [6, 6.07) is 34.2. The summed E-state index contributed by atoms with van der Waals surface area (Å²) in [4.78, 5) is 41.3. The second kappa shape index (κ2) is 19.9. The molecule has 0 spiro atoms. The number of ether oxygens (including phenoxy) is 2. The Morgan fingerprint density at radius 1 is 0.532 bits per heavy atom. The van der Waals surface area contributed by atoms with Gasteiger partial charge in [0.25, 0.3) is 11.8 Å². The van der Waals surface area contributed by atoms with E-state index in [9.17, 15) is 18.4 Å². The number of carbonyl (C=O) groups is 2. The van der Waals surface area contributed by atoms with Crippen LogP contribution in [0.15, 0.2) is 121 Å². The molecule has 0 atom stereocenters. The van der Waals surface area contributed by atoms with Crippen LogP contribution in [0.3, 0.4) is 0 Å². The number of nitrogens with zero attached hydrogens (tertiary/aromatic N) is 6. The van der Waals surface area contributed by atoms with Crippen LogP contribution in [0.5, 0.6) is 23.0 Å². The molecule has 0 unspecified atom stereocenters. The third-order valence-electron chi connectivity index (χ3n) is 10.8. The van der Waals surface area contributed by atoms with Gasteiger partial charge in [0, 0.05) is 59.8 Å². The van der Waals surface area contributed by atoms with Gasteiger partial charge in [-0.15, -0.1) is 0 Å². The van der Waals surface area contributed by atoms with Gasteiger partial charge in [-0.05, 0) is 142 Å². The van der Waals surface area contributed by atoms with Gasteiger partial charge in [0.05, 0.1) is 51.7 Å². The van der Waals surface area contributed by atoms with Crippen LogP contribution in [0.25, 0.3) is 22.5 Å². The molecule has 2 aliphatic heterocycles. The quantitative estimate of drug-likeness (QED) is 0.112. The number of hydrogen-bond acceptors (Lipinski definition) is 7. The van der Waals surface area contributed by atoms with E-state index in [-0.39, 0.29) is 30.9 Å². The minimum absolute atomic E-state index is 0. The maximum atomic E-state index is 13.1. The number of pyridine rings is 2. The molecule has 2 saturated heterocycles. The molecular formula is C50H54F2N6O4. The lowest BCUT2D eigenvalue weighted by Gasteiger charge is -2.39. The molecule has 12 heteroatoms. The lowest BCUT2D eigenvalue weighted by Crippen LogP contribution is -2.56. The van der Waals surface area contributed by atoms with Crippen LogP contribution in [0.2, 0.25) is 0 Å². The Kier molecular flexibility index (Phi) is 14.5. The first kappa shape index (κ1) is 45.0. The molecule has 10 nitrogen and oxygen atoms in total. The number of piperazine rings is 2. The van der Waals surface area contributed by atoms with E-state index in [1.54, 1.807) is 24.3 Å². The first-order chi connectivity index (χ1) is 29.3. The third-order valence-corrected chi connectivity index (χ3v) is 10.8. The Balaban J connectivity index is 0.000000204. The zero-order valence-corrected chi connectivity index (χ0v) is 36.3. The minimum Gasteiger partial charge on any atom is -0.457 e. The Hall–Kier alpha value is -6.50. The van der Waals surface area contributed by atoms with Crippen molar-refractivity contribution in [3.05, 3.63) is 163 Å². The summed E-state index contributed by atoms with van der Waals surface area (Å²) in [6.45, 7) is 10.5. The van der Waals surface area contributed by atoms with E-state index in [0.717, 1.165) is 90.7 Å². The zero-order chi connectivity index (χ0) is 43.1. The molecular weight excluding hydrogens is 787 g/mol. The molecule has 322 valence electrons. The van der Waals surface area contributed by atoms with Crippen LogP contribution in [0, 0.1) is 32.9 Å². The number of halogens is 2. The van der Waals surface area contributed by atoms with Crippen LogP contribution in [-0.4, -0.2) is 114 Å². The lowest BCUT2D eigenvalue weighted by atomic mass is 10.1. The van der Waals surface area contributed by atoms with Gasteiger partial charge in [-0.1, -0.05) is 0 Å². The van der Waals surface area contributed by atoms with Crippen molar-refractivity contribution in [1.29, 1.82) is 0 Å². The van der Waals surface area contributed by atoms with Crippen LogP contribution < -0.4 is 9.47 Å². The number of carbonyl (C=O) groups excluding carboxylic acids is 2. The molecule has 6 aromatic rings. The van der Waals surface area contributed by atoms with Gasteiger partial charge < -0.3 is 36.1 Å². The van der Waals surface area contributed by atoms with Gasteiger partial charge in [-0.3, -0.25) is 19.6 Å². The van der Waals surface area contributed by atoms with Crippen molar-refractivity contribution in [1.82, 2.24) is 24.7 Å². The van der Waals surface area contributed by atoms with Crippen LogP contribution >= 0.6 is 0 Å². The predicted molar refractivity (Wildman–Crippen MR) is 239 cm³/mol. The summed E-state index contributed by atoms with van der Waals surface area (Å²) < 4.78 is 38.5. The van der Waals surface area contributed by atoms with E-state index >= 15 is 0 Å². The van der Waals surface area contributed by atoms with Gasteiger partial charge in [-0.2, -0.15) is 0 Å². The van der Waals surface area contributed by atoms with E-state index in [1.165, 1.54) is 24.3 Å². The van der Waals surface area contributed by atoms with Gasteiger partial charge in [0.1, 0.15) is 34.6 Å². The molecule has 62 heavy (non-hydrogen) atoms. The molecule has 0 N–H and O–H groups in total. The van der Waals surface area contributed by atoms with Gasteiger partial charge in [-0.25, -0.2) is 8.78 Å². The highest BCUT2D eigenvalue weighted by atomic mass is 19.1. The zero-order valence-electron chi connectivity index (χ0n) is 36.3. The molecule has 2 aromatic heterocycles. The Morgan fingerprint density at radius 2 is 0.871 bits per heavy atom. The van der Waals surface area contributed by atoms with E-state index in [4.69, 9.17) is 9.47 Å². The fraction of sp³-hybridized carbons (Fsp3) is 0.260. The smallest absolute Gasteiger partial charge is 0.254 e. The fourth-order valence-electron chi connectivity index (χ4n) is 7.13. The molecule has 0 saturated carbocycles. The predicted octanol–water partition coefficient (Wildman–Crippen LogP) is 9.35. The van der Waals surface area contributed by atoms with Crippen LogP contribution in [0.4, 0.5) is 8.78 Å². The summed E-state index contributed by atoms with van der Waals surface area (Å²) in [5.41, 5.74) is 6.25. The highest BCUT2D eigenvalue weighted by Crippen LogP contribution is 2.28.